The predicted octanol–water partition coefficient (Wildman–Crippen LogP) is 1.61. The molecule has 0 fully saturated rings. The predicted molar refractivity (Wildman–Crippen MR) is 75.7 cm³/mol. The van der Waals surface area contributed by atoms with Crippen molar-refractivity contribution in [2.75, 3.05) is 13.1 Å². The van der Waals surface area contributed by atoms with Gasteiger partial charge in [-0.05, 0) is 30.7 Å². The Balaban J connectivity index is 4.09. The summed E-state index contributed by atoms with van der Waals surface area (Å²) in [5.41, 5.74) is 5.73. The van der Waals surface area contributed by atoms with Crippen LogP contribution < -0.4 is 11.1 Å². The smallest absolute Gasteiger partial charge is 0.308 e. The molecule has 0 aromatic rings. The minimum atomic E-state index is -0.893. The van der Waals surface area contributed by atoms with Gasteiger partial charge in [0.15, 0.2) is 0 Å². The fraction of sp³-hybridized carbons (Fsp3) is 0.857. The molecule has 0 spiro atoms. The second-order valence-corrected chi connectivity index (χ2v) is 6.22. The van der Waals surface area contributed by atoms with E-state index in [4.69, 9.17) is 10.8 Å². The molecule has 0 saturated carbocycles. The molecule has 2 atom stereocenters. The van der Waals surface area contributed by atoms with Crippen LogP contribution in [0.4, 0.5) is 0 Å². The number of rotatable bonds is 8. The molecule has 0 saturated heterocycles. The van der Waals surface area contributed by atoms with Crippen LogP contribution in [0.3, 0.4) is 0 Å². The monoisotopic (exact) mass is 272 g/mol. The summed E-state index contributed by atoms with van der Waals surface area (Å²) in [6.45, 7) is 8.84. The average molecular weight is 272 g/mol. The van der Waals surface area contributed by atoms with E-state index in [2.05, 4.69) is 26.1 Å². The standard InChI is InChI=1S/C14H28N2O3/c1-10(13(18)19)9-16-12(17)6-5-11(7-8-15)14(2,3)4/h10-11H,5-9,15H2,1-4H3,(H,16,17)(H,18,19). The van der Waals surface area contributed by atoms with Crippen molar-refractivity contribution in [1.29, 1.82) is 0 Å². The molecular formula is C14H28N2O3. The Labute approximate surface area is 115 Å². The van der Waals surface area contributed by atoms with Crippen molar-refractivity contribution in [3.8, 4) is 0 Å². The van der Waals surface area contributed by atoms with Gasteiger partial charge in [-0.2, -0.15) is 0 Å². The maximum absolute atomic E-state index is 11.7. The second kappa shape index (κ2) is 8.15. The Morgan fingerprint density at radius 1 is 1.26 bits per heavy atom. The van der Waals surface area contributed by atoms with E-state index < -0.39 is 11.9 Å². The lowest BCUT2D eigenvalue weighted by atomic mass is 9.76. The first-order valence-corrected chi connectivity index (χ1v) is 6.88. The number of carbonyl (C=O) groups is 2. The average Bonchev–Trinajstić information content (AvgIpc) is 2.29. The van der Waals surface area contributed by atoms with Crippen LogP contribution in [-0.2, 0) is 9.59 Å². The Bertz CT molecular complexity index is 298. The number of carbonyl (C=O) groups excluding carboxylic acids is 1. The topological polar surface area (TPSA) is 92.4 Å². The Morgan fingerprint density at radius 3 is 2.26 bits per heavy atom. The SMILES string of the molecule is CC(CNC(=O)CCC(CCN)C(C)(C)C)C(=O)O. The van der Waals surface area contributed by atoms with Crippen molar-refractivity contribution in [3.63, 3.8) is 0 Å². The van der Waals surface area contributed by atoms with E-state index in [-0.39, 0.29) is 17.9 Å². The first-order valence-electron chi connectivity index (χ1n) is 6.88. The van der Waals surface area contributed by atoms with Gasteiger partial charge in [-0.1, -0.05) is 27.7 Å². The summed E-state index contributed by atoms with van der Waals surface area (Å²) in [6.07, 6.45) is 2.12. The van der Waals surface area contributed by atoms with Gasteiger partial charge in [-0.25, -0.2) is 0 Å². The summed E-state index contributed by atoms with van der Waals surface area (Å²) in [5, 5.41) is 11.4. The lowest BCUT2D eigenvalue weighted by Gasteiger charge is -2.30. The third-order valence-electron chi connectivity index (χ3n) is 3.49. The highest BCUT2D eigenvalue weighted by Crippen LogP contribution is 2.31. The second-order valence-electron chi connectivity index (χ2n) is 6.22. The molecule has 5 heteroatoms. The highest BCUT2D eigenvalue weighted by Gasteiger charge is 2.24. The third kappa shape index (κ3) is 7.82. The molecular weight excluding hydrogens is 244 g/mol. The van der Waals surface area contributed by atoms with Crippen LogP contribution in [0.15, 0.2) is 0 Å². The number of nitrogens with one attached hydrogen (secondary N) is 1. The molecule has 1 amide bonds. The van der Waals surface area contributed by atoms with Crippen molar-refractivity contribution in [3.05, 3.63) is 0 Å². The number of hydrogen-bond donors (Lipinski definition) is 3. The van der Waals surface area contributed by atoms with Gasteiger partial charge in [0.25, 0.3) is 0 Å². The first-order chi connectivity index (χ1) is 8.68. The van der Waals surface area contributed by atoms with Gasteiger partial charge in [0, 0.05) is 13.0 Å². The maximum atomic E-state index is 11.7. The molecule has 0 aromatic heterocycles. The molecule has 0 aromatic carbocycles. The molecule has 0 aliphatic carbocycles. The number of carboxylic acid groups (broad SMARTS) is 1. The van der Waals surface area contributed by atoms with Crippen molar-refractivity contribution in [2.45, 2.75) is 47.0 Å². The largest absolute Gasteiger partial charge is 0.481 e. The van der Waals surface area contributed by atoms with Crippen LogP contribution in [0, 0.1) is 17.3 Å². The van der Waals surface area contributed by atoms with Crippen molar-refractivity contribution >= 4 is 11.9 Å². The summed E-state index contributed by atoms with van der Waals surface area (Å²) < 4.78 is 0. The van der Waals surface area contributed by atoms with Gasteiger partial charge < -0.3 is 16.2 Å². The minimum absolute atomic E-state index is 0.0839. The maximum Gasteiger partial charge on any atom is 0.308 e. The van der Waals surface area contributed by atoms with Crippen molar-refractivity contribution in [1.82, 2.24) is 5.32 Å². The lowest BCUT2D eigenvalue weighted by Crippen LogP contribution is -2.32. The van der Waals surface area contributed by atoms with E-state index in [9.17, 15) is 9.59 Å². The minimum Gasteiger partial charge on any atom is -0.481 e. The fourth-order valence-corrected chi connectivity index (χ4v) is 1.96. The molecule has 112 valence electrons. The van der Waals surface area contributed by atoms with Crippen molar-refractivity contribution in [2.24, 2.45) is 23.0 Å². The van der Waals surface area contributed by atoms with E-state index in [0.29, 0.717) is 18.9 Å². The van der Waals surface area contributed by atoms with Crippen LogP contribution in [0.1, 0.15) is 47.0 Å². The molecule has 0 aliphatic rings. The summed E-state index contributed by atoms with van der Waals surface area (Å²) >= 11 is 0. The lowest BCUT2D eigenvalue weighted by molar-refractivity contribution is -0.141. The molecule has 0 bridgehead atoms. The number of carboxylic acids is 1. The normalized spacial score (nSPS) is 14.8. The van der Waals surface area contributed by atoms with Crippen LogP contribution in [0.25, 0.3) is 0 Å². The molecule has 5 nitrogen and oxygen atoms in total. The van der Waals surface area contributed by atoms with E-state index in [1.165, 1.54) is 0 Å². The van der Waals surface area contributed by atoms with E-state index >= 15 is 0 Å². The molecule has 0 radical (unpaired) electrons. The zero-order chi connectivity index (χ0) is 15.1. The zero-order valence-electron chi connectivity index (χ0n) is 12.5. The number of hydrogen-bond acceptors (Lipinski definition) is 3. The highest BCUT2D eigenvalue weighted by atomic mass is 16.4. The van der Waals surface area contributed by atoms with Crippen LogP contribution in [-0.4, -0.2) is 30.1 Å². The summed E-state index contributed by atoms with van der Waals surface area (Å²) in [4.78, 5) is 22.3. The quantitative estimate of drug-likeness (QED) is 0.626. The van der Waals surface area contributed by atoms with E-state index in [1.807, 2.05) is 0 Å². The van der Waals surface area contributed by atoms with Crippen LogP contribution in [0.2, 0.25) is 0 Å². The van der Waals surface area contributed by atoms with Gasteiger partial charge in [-0.15, -0.1) is 0 Å². The number of aliphatic carboxylic acids is 1. The first kappa shape index (κ1) is 17.9. The number of amides is 1. The highest BCUT2D eigenvalue weighted by molar-refractivity contribution is 5.77. The van der Waals surface area contributed by atoms with E-state index in [1.54, 1.807) is 6.92 Å². The summed E-state index contributed by atoms with van der Waals surface area (Å²) in [6, 6.07) is 0. The molecule has 0 aliphatic heterocycles. The van der Waals surface area contributed by atoms with E-state index in [0.717, 1.165) is 12.8 Å². The summed E-state index contributed by atoms with van der Waals surface area (Å²) in [5.74, 6) is -1.12. The molecule has 4 N–H and O–H groups in total. The molecule has 2 unspecified atom stereocenters. The molecule has 0 heterocycles. The Kier molecular flexibility index (Phi) is 7.68. The van der Waals surface area contributed by atoms with Gasteiger partial charge in [0.1, 0.15) is 0 Å². The van der Waals surface area contributed by atoms with Crippen molar-refractivity contribution < 1.29 is 14.7 Å². The summed E-state index contributed by atoms with van der Waals surface area (Å²) in [7, 11) is 0. The van der Waals surface area contributed by atoms with Gasteiger partial charge in [-0.3, -0.25) is 9.59 Å². The van der Waals surface area contributed by atoms with Crippen LogP contribution in [0.5, 0.6) is 0 Å². The number of nitrogens with two attached hydrogens (primary N) is 1. The molecule has 0 rings (SSSR count). The van der Waals surface area contributed by atoms with Crippen LogP contribution >= 0.6 is 0 Å². The Hall–Kier alpha value is -1.10. The zero-order valence-corrected chi connectivity index (χ0v) is 12.5. The van der Waals surface area contributed by atoms with Gasteiger partial charge in [0.05, 0.1) is 5.92 Å². The molecule has 19 heavy (non-hydrogen) atoms. The van der Waals surface area contributed by atoms with Gasteiger partial charge in [0.2, 0.25) is 5.91 Å². The third-order valence-corrected chi connectivity index (χ3v) is 3.49. The Morgan fingerprint density at radius 2 is 1.84 bits per heavy atom. The fourth-order valence-electron chi connectivity index (χ4n) is 1.96. The van der Waals surface area contributed by atoms with Gasteiger partial charge >= 0.3 is 5.97 Å².